The van der Waals surface area contributed by atoms with Gasteiger partial charge in [-0.2, -0.15) is 9.97 Å². The summed E-state index contributed by atoms with van der Waals surface area (Å²) in [5.41, 5.74) is 0.242. The highest BCUT2D eigenvalue weighted by atomic mass is 16.5. The Morgan fingerprint density at radius 3 is 2.07 bits per heavy atom. The van der Waals surface area contributed by atoms with Gasteiger partial charge in [-0.05, 0) is 31.9 Å². The molecular formula is C21H28N4O5. The normalized spacial score (nSPS) is 11.7. The fraction of sp³-hybridized carbons (Fsp3) is 0.429. The number of carbonyl (C=O) groups excluding carboxylic acids is 2. The molecule has 1 aromatic carbocycles. The first-order valence-electron chi connectivity index (χ1n) is 9.60. The van der Waals surface area contributed by atoms with E-state index in [9.17, 15) is 9.59 Å². The van der Waals surface area contributed by atoms with Gasteiger partial charge in [0.1, 0.15) is 11.8 Å². The van der Waals surface area contributed by atoms with Crippen molar-refractivity contribution in [3.05, 3.63) is 35.9 Å². The highest BCUT2D eigenvalue weighted by molar-refractivity contribution is 5.99. The number of nitrogens with one attached hydrogen (secondary N) is 2. The Hall–Kier alpha value is -3.36. The van der Waals surface area contributed by atoms with E-state index in [0.717, 1.165) is 0 Å². The molecule has 0 aliphatic heterocycles. The van der Waals surface area contributed by atoms with E-state index in [1.54, 1.807) is 24.3 Å². The van der Waals surface area contributed by atoms with Crippen LogP contribution in [0.1, 0.15) is 38.1 Å². The largest absolute Gasteiger partial charge is 0.481 e. The van der Waals surface area contributed by atoms with Gasteiger partial charge in [-0.1, -0.05) is 26.0 Å². The minimum atomic E-state index is -0.693. The van der Waals surface area contributed by atoms with Crippen molar-refractivity contribution < 1.29 is 23.8 Å². The van der Waals surface area contributed by atoms with Crippen LogP contribution in [-0.4, -0.2) is 48.1 Å². The van der Waals surface area contributed by atoms with Gasteiger partial charge in [0.2, 0.25) is 17.7 Å². The van der Waals surface area contributed by atoms with Crippen molar-refractivity contribution in [3.8, 4) is 23.5 Å². The highest BCUT2D eigenvalue weighted by Crippen LogP contribution is 2.26. The Morgan fingerprint density at radius 1 is 0.933 bits per heavy atom. The lowest BCUT2D eigenvalue weighted by Crippen LogP contribution is -2.51. The molecule has 2 aromatic rings. The Kier molecular flexibility index (Phi) is 7.97. The topological polar surface area (TPSA) is 112 Å². The predicted octanol–water partition coefficient (Wildman–Crippen LogP) is 2.57. The maximum Gasteiger partial charge on any atom is 0.328 e. The molecule has 1 heterocycles. The summed E-state index contributed by atoms with van der Waals surface area (Å²) < 4.78 is 16.0. The minimum absolute atomic E-state index is 0.0357. The van der Waals surface area contributed by atoms with E-state index in [4.69, 9.17) is 14.2 Å². The lowest BCUT2D eigenvalue weighted by Gasteiger charge is -2.23. The van der Waals surface area contributed by atoms with Crippen LogP contribution in [0.5, 0.6) is 23.5 Å². The van der Waals surface area contributed by atoms with Crippen LogP contribution in [0, 0.1) is 5.92 Å². The molecule has 1 atom stereocenters. The third-order valence-corrected chi connectivity index (χ3v) is 4.08. The Balaban J connectivity index is 2.27. The lowest BCUT2D eigenvalue weighted by atomic mass is 10.0. The van der Waals surface area contributed by atoms with Gasteiger partial charge >= 0.3 is 6.01 Å². The number of carbonyl (C=O) groups is 2. The van der Waals surface area contributed by atoms with E-state index in [1.165, 1.54) is 20.3 Å². The summed E-state index contributed by atoms with van der Waals surface area (Å²) >= 11 is 0. The summed E-state index contributed by atoms with van der Waals surface area (Å²) in [5.74, 6) is -0.0532. The average Bonchev–Trinajstić information content (AvgIpc) is 2.71. The number of rotatable bonds is 9. The predicted molar refractivity (Wildman–Crippen MR) is 111 cm³/mol. The Bertz CT molecular complexity index is 863. The molecule has 0 saturated heterocycles. The molecule has 2 rings (SSSR count). The van der Waals surface area contributed by atoms with E-state index in [2.05, 4.69) is 20.6 Å². The van der Waals surface area contributed by atoms with Gasteiger partial charge in [0.25, 0.3) is 5.91 Å². The number of methoxy groups -OCH3 is 2. The second kappa shape index (κ2) is 10.4. The molecular weight excluding hydrogens is 388 g/mol. The van der Waals surface area contributed by atoms with Crippen molar-refractivity contribution in [1.29, 1.82) is 0 Å². The average molecular weight is 416 g/mol. The molecule has 9 nitrogen and oxygen atoms in total. The summed E-state index contributed by atoms with van der Waals surface area (Å²) in [6, 6.07) is 7.37. The summed E-state index contributed by atoms with van der Waals surface area (Å²) in [5, 5.41) is 5.62. The van der Waals surface area contributed by atoms with Crippen LogP contribution >= 0.6 is 0 Å². The third-order valence-electron chi connectivity index (χ3n) is 4.08. The maximum atomic E-state index is 12.9. The van der Waals surface area contributed by atoms with Gasteiger partial charge in [0.05, 0.1) is 25.8 Å². The third kappa shape index (κ3) is 6.07. The Morgan fingerprint density at radius 2 is 1.53 bits per heavy atom. The van der Waals surface area contributed by atoms with Crippen LogP contribution in [0.15, 0.2) is 30.3 Å². The highest BCUT2D eigenvalue weighted by Gasteiger charge is 2.26. The molecule has 1 aromatic heterocycles. The number of amides is 2. The number of para-hydroxylation sites is 1. The quantitative estimate of drug-likeness (QED) is 0.646. The zero-order chi connectivity index (χ0) is 22.3. The first-order chi connectivity index (χ1) is 14.2. The minimum Gasteiger partial charge on any atom is -0.481 e. The number of hydrogen-bond donors (Lipinski definition) is 2. The van der Waals surface area contributed by atoms with Gasteiger partial charge in [-0.3, -0.25) is 9.59 Å². The molecule has 1 unspecified atom stereocenters. The SMILES string of the molecule is COc1cc(OC)nc(Oc2ccccc2C(=O)NC(C(=O)NC(C)C)C(C)C)n1. The van der Waals surface area contributed by atoms with Gasteiger partial charge in [-0.15, -0.1) is 0 Å². The van der Waals surface area contributed by atoms with Crippen LogP contribution in [0.4, 0.5) is 0 Å². The molecule has 0 radical (unpaired) electrons. The summed E-state index contributed by atoms with van der Waals surface area (Å²) in [6.45, 7) is 7.46. The number of nitrogens with zero attached hydrogens (tertiary/aromatic N) is 2. The standard InChI is InChI=1S/C21H28N4O5/c1-12(2)18(20(27)22-13(3)4)25-19(26)14-9-7-8-10-15(14)30-21-23-16(28-5)11-17(24-21)29-6/h7-13,18H,1-6H3,(H,22,27)(H,25,26). The molecule has 0 spiro atoms. The van der Waals surface area contributed by atoms with Gasteiger partial charge in [0.15, 0.2) is 0 Å². The second-order valence-electron chi connectivity index (χ2n) is 7.19. The number of hydrogen-bond acceptors (Lipinski definition) is 7. The molecule has 0 aliphatic rings. The van der Waals surface area contributed by atoms with E-state index < -0.39 is 11.9 Å². The number of aromatic nitrogens is 2. The maximum absolute atomic E-state index is 12.9. The van der Waals surface area contributed by atoms with E-state index >= 15 is 0 Å². The van der Waals surface area contributed by atoms with Crippen LogP contribution in [0.3, 0.4) is 0 Å². The molecule has 2 amide bonds. The van der Waals surface area contributed by atoms with Crippen molar-refractivity contribution in [2.75, 3.05) is 14.2 Å². The summed E-state index contributed by atoms with van der Waals surface area (Å²) in [7, 11) is 2.92. The molecule has 30 heavy (non-hydrogen) atoms. The second-order valence-corrected chi connectivity index (χ2v) is 7.19. The van der Waals surface area contributed by atoms with E-state index in [1.807, 2.05) is 27.7 Å². The van der Waals surface area contributed by atoms with E-state index in [0.29, 0.717) is 0 Å². The molecule has 162 valence electrons. The molecule has 0 fully saturated rings. The van der Waals surface area contributed by atoms with Crippen molar-refractivity contribution in [2.24, 2.45) is 5.92 Å². The van der Waals surface area contributed by atoms with Crippen LogP contribution in [0.25, 0.3) is 0 Å². The zero-order valence-corrected chi connectivity index (χ0v) is 18.1. The van der Waals surface area contributed by atoms with Crippen molar-refractivity contribution >= 4 is 11.8 Å². The van der Waals surface area contributed by atoms with Crippen LogP contribution in [0.2, 0.25) is 0 Å². The summed E-state index contributed by atoms with van der Waals surface area (Å²) in [4.78, 5) is 33.6. The number of benzene rings is 1. The Labute approximate surface area is 176 Å². The molecule has 2 N–H and O–H groups in total. The lowest BCUT2D eigenvalue weighted by molar-refractivity contribution is -0.124. The molecule has 0 aliphatic carbocycles. The van der Waals surface area contributed by atoms with Gasteiger partial charge in [0, 0.05) is 6.04 Å². The summed E-state index contributed by atoms with van der Waals surface area (Å²) in [6.07, 6.45) is 0. The van der Waals surface area contributed by atoms with Crippen molar-refractivity contribution in [3.63, 3.8) is 0 Å². The number of ether oxygens (including phenoxy) is 3. The van der Waals surface area contributed by atoms with Crippen molar-refractivity contribution in [1.82, 2.24) is 20.6 Å². The van der Waals surface area contributed by atoms with Crippen LogP contribution < -0.4 is 24.8 Å². The van der Waals surface area contributed by atoms with Crippen molar-refractivity contribution in [2.45, 2.75) is 39.8 Å². The fourth-order valence-corrected chi connectivity index (χ4v) is 2.61. The smallest absolute Gasteiger partial charge is 0.328 e. The fourth-order valence-electron chi connectivity index (χ4n) is 2.61. The van der Waals surface area contributed by atoms with E-state index in [-0.39, 0.29) is 47.0 Å². The molecule has 0 saturated carbocycles. The molecule has 0 bridgehead atoms. The van der Waals surface area contributed by atoms with Crippen LogP contribution in [-0.2, 0) is 4.79 Å². The first-order valence-corrected chi connectivity index (χ1v) is 9.60. The molecule has 9 heteroatoms. The van der Waals surface area contributed by atoms with Gasteiger partial charge in [-0.25, -0.2) is 0 Å². The monoisotopic (exact) mass is 416 g/mol. The van der Waals surface area contributed by atoms with Gasteiger partial charge < -0.3 is 24.8 Å². The zero-order valence-electron chi connectivity index (χ0n) is 18.1. The first kappa shape index (κ1) is 22.9.